The zero-order valence-electron chi connectivity index (χ0n) is 11.1. The number of likely N-dealkylation sites (tertiary alicyclic amines) is 1. The molecule has 1 fully saturated rings. The summed E-state index contributed by atoms with van der Waals surface area (Å²) in [6, 6.07) is 0.908. The van der Waals surface area contributed by atoms with Crippen LogP contribution in [0.5, 0.6) is 0 Å². The normalized spacial score (nSPS) is 21.1. The number of nitrogens with zero attached hydrogens (tertiary/aromatic N) is 2. The van der Waals surface area contributed by atoms with Crippen LogP contribution in [0.25, 0.3) is 0 Å². The third kappa shape index (κ3) is 6.12. The van der Waals surface area contributed by atoms with Crippen LogP contribution in [0.2, 0.25) is 0 Å². The molecule has 0 N–H and O–H groups in total. The molecule has 0 aromatic carbocycles. The van der Waals surface area contributed by atoms with Gasteiger partial charge in [-0.15, -0.1) is 0 Å². The first-order valence-corrected chi connectivity index (χ1v) is 6.88. The molecule has 0 aromatic heterocycles. The number of rotatable bonds is 6. The van der Waals surface area contributed by atoms with Crippen LogP contribution in [0.4, 0.5) is 0 Å². The molecule has 2 heteroatoms. The summed E-state index contributed by atoms with van der Waals surface area (Å²) >= 11 is 0. The Balaban J connectivity index is 0.00000106. The van der Waals surface area contributed by atoms with E-state index in [1.165, 1.54) is 64.5 Å². The Bertz CT molecular complexity index is 165. The first-order chi connectivity index (χ1) is 7.88. The standard InChI is InChI=1S/C13H27N.CHN/c1-3-5-6-8-11-14-12-9-7-10-13(14)4-2;1-2/h13H,3-12H2,1-2H3;1H. The van der Waals surface area contributed by atoms with Crippen LogP contribution in [0.15, 0.2) is 0 Å². The quantitative estimate of drug-likeness (QED) is 0.638. The van der Waals surface area contributed by atoms with E-state index in [0.29, 0.717) is 0 Å². The van der Waals surface area contributed by atoms with Gasteiger partial charge in [-0.1, -0.05) is 39.5 Å². The first-order valence-electron chi connectivity index (χ1n) is 6.88. The van der Waals surface area contributed by atoms with Crippen LogP contribution in [0, 0.1) is 11.8 Å². The molecule has 2 nitrogen and oxygen atoms in total. The van der Waals surface area contributed by atoms with Crippen molar-refractivity contribution < 1.29 is 0 Å². The lowest BCUT2D eigenvalue weighted by atomic mass is 9.99. The lowest BCUT2D eigenvalue weighted by Gasteiger charge is -2.35. The van der Waals surface area contributed by atoms with Gasteiger partial charge in [0.15, 0.2) is 0 Å². The van der Waals surface area contributed by atoms with E-state index in [4.69, 9.17) is 5.26 Å². The summed E-state index contributed by atoms with van der Waals surface area (Å²) in [6.45, 7) is 10.9. The molecule has 1 unspecified atom stereocenters. The van der Waals surface area contributed by atoms with Crippen LogP contribution < -0.4 is 0 Å². The van der Waals surface area contributed by atoms with E-state index in [0.717, 1.165) is 6.04 Å². The molecule has 0 spiro atoms. The highest BCUT2D eigenvalue weighted by Crippen LogP contribution is 2.19. The first kappa shape index (κ1) is 15.4. The summed E-state index contributed by atoms with van der Waals surface area (Å²) in [5, 5.41) is 6.50. The highest BCUT2D eigenvalue weighted by molar-refractivity contribution is 4.75. The maximum Gasteiger partial charge on any atom is 0.0462 e. The highest BCUT2D eigenvalue weighted by atomic mass is 15.2. The van der Waals surface area contributed by atoms with Crippen molar-refractivity contribution in [1.82, 2.24) is 4.90 Å². The fourth-order valence-electron chi connectivity index (χ4n) is 2.56. The van der Waals surface area contributed by atoms with Crippen molar-refractivity contribution in [1.29, 1.82) is 5.26 Å². The minimum Gasteiger partial charge on any atom is -0.300 e. The molecule has 0 bridgehead atoms. The van der Waals surface area contributed by atoms with Gasteiger partial charge in [-0.3, -0.25) is 0 Å². The second-order valence-corrected chi connectivity index (χ2v) is 4.65. The summed E-state index contributed by atoms with van der Waals surface area (Å²) in [5.74, 6) is 0. The lowest BCUT2D eigenvalue weighted by Crippen LogP contribution is -2.39. The summed E-state index contributed by atoms with van der Waals surface area (Å²) in [7, 11) is 0. The van der Waals surface area contributed by atoms with Gasteiger partial charge in [0, 0.05) is 12.6 Å². The van der Waals surface area contributed by atoms with Gasteiger partial charge in [0.2, 0.25) is 0 Å². The van der Waals surface area contributed by atoms with Crippen LogP contribution in [0.3, 0.4) is 0 Å². The lowest BCUT2D eigenvalue weighted by molar-refractivity contribution is 0.141. The van der Waals surface area contributed by atoms with Crippen LogP contribution in [-0.2, 0) is 0 Å². The van der Waals surface area contributed by atoms with Crippen LogP contribution >= 0.6 is 0 Å². The van der Waals surface area contributed by atoms with Crippen molar-refractivity contribution in [2.75, 3.05) is 13.1 Å². The minimum absolute atomic E-state index is 0.908. The Morgan fingerprint density at radius 2 is 1.88 bits per heavy atom. The average Bonchev–Trinajstić information content (AvgIpc) is 2.37. The molecule has 1 atom stereocenters. The second-order valence-electron chi connectivity index (χ2n) is 4.65. The maximum atomic E-state index is 6.50. The molecular weight excluding hydrogens is 196 g/mol. The molecule has 1 saturated heterocycles. The van der Waals surface area contributed by atoms with E-state index in [9.17, 15) is 0 Å². The summed E-state index contributed by atoms with van der Waals surface area (Å²) in [5.41, 5.74) is 0. The Hall–Kier alpha value is -0.550. The summed E-state index contributed by atoms with van der Waals surface area (Å²) in [6.07, 6.45) is 11.3. The van der Waals surface area contributed by atoms with Gasteiger partial charge >= 0.3 is 0 Å². The van der Waals surface area contributed by atoms with E-state index in [2.05, 4.69) is 25.3 Å². The van der Waals surface area contributed by atoms with E-state index in [1.807, 2.05) is 0 Å². The van der Waals surface area contributed by atoms with Crippen LogP contribution in [-0.4, -0.2) is 24.0 Å². The SMILES string of the molecule is C#N.CCCCCCN1CCCCC1CC. The van der Waals surface area contributed by atoms with Crippen molar-refractivity contribution in [2.45, 2.75) is 71.3 Å². The summed E-state index contributed by atoms with van der Waals surface area (Å²) < 4.78 is 0. The van der Waals surface area contributed by atoms with Crippen LogP contribution in [0.1, 0.15) is 65.2 Å². The highest BCUT2D eigenvalue weighted by Gasteiger charge is 2.19. The van der Waals surface area contributed by atoms with Gasteiger partial charge in [0.25, 0.3) is 0 Å². The number of hydrogen-bond donors (Lipinski definition) is 0. The van der Waals surface area contributed by atoms with Gasteiger partial charge in [-0.2, -0.15) is 0 Å². The maximum absolute atomic E-state index is 6.50. The van der Waals surface area contributed by atoms with Crippen molar-refractivity contribution in [2.24, 2.45) is 0 Å². The molecule has 1 heterocycles. The van der Waals surface area contributed by atoms with Crippen molar-refractivity contribution in [3.05, 3.63) is 0 Å². The Kier molecular flexibility index (Phi) is 10.6. The predicted octanol–water partition coefficient (Wildman–Crippen LogP) is 3.97. The van der Waals surface area contributed by atoms with E-state index in [-0.39, 0.29) is 0 Å². The predicted molar refractivity (Wildman–Crippen MR) is 70.3 cm³/mol. The Labute approximate surface area is 102 Å². The molecule has 0 aliphatic carbocycles. The number of piperidine rings is 1. The molecule has 0 amide bonds. The fraction of sp³-hybridized carbons (Fsp3) is 0.929. The van der Waals surface area contributed by atoms with Gasteiger partial charge in [-0.05, 0) is 38.8 Å². The molecule has 0 radical (unpaired) electrons. The van der Waals surface area contributed by atoms with E-state index >= 15 is 0 Å². The second kappa shape index (κ2) is 11.0. The van der Waals surface area contributed by atoms with Gasteiger partial charge in [0.05, 0.1) is 0 Å². The molecule has 16 heavy (non-hydrogen) atoms. The van der Waals surface area contributed by atoms with Crippen molar-refractivity contribution in [3.8, 4) is 6.57 Å². The smallest absolute Gasteiger partial charge is 0.0462 e. The zero-order chi connectivity index (χ0) is 12.2. The monoisotopic (exact) mass is 224 g/mol. The third-order valence-corrected chi connectivity index (χ3v) is 3.52. The molecule has 1 aliphatic heterocycles. The van der Waals surface area contributed by atoms with Crippen molar-refractivity contribution in [3.63, 3.8) is 0 Å². The molecule has 94 valence electrons. The molecule has 0 saturated carbocycles. The number of unbranched alkanes of at least 4 members (excludes halogenated alkanes) is 3. The van der Waals surface area contributed by atoms with E-state index in [1.54, 1.807) is 0 Å². The topological polar surface area (TPSA) is 27.0 Å². The van der Waals surface area contributed by atoms with E-state index < -0.39 is 0 Å². The van der Waals surface area contributed by atoms with Gasteiger partial charge < -0.3 is 4.90 Å². The molecule has 0 aromatic rings. The van der Waals surface area contributed by atoms with Crippen molar-refractivity contribution >= 4 is 0 Å². The third-order valence-electron chi connectivity index (χ3n) is 3.52. The number of nitriles is 1. The van der Waals surface area contributed by atoms with Gasteiger partial charge in [0.1, 0.15) is 0 Å². The Morgan fingerprint density at radius 3 is 2.50 bits per heavy atom. The molecular formula is C14H28N2. The minimum atomic E-state index is 0.908. The fourth-order valence-corrected chi connectivity index (χ4v) is 2.56. The zero-order valence-corrected chi connectivity index (χ0v) is 11.1. The summed E-state index contributed by atoms with van der Waals surface area (Å²) in [4.78, 5) is 2.74. The average molecular weight is 224 g/mol. The largest absolute Gasteiger partial charge is 0.300 e. The molecule has 1 rings (SSSR count). The number of hydrogen-bond acceptors (Lipinski definition) is 2. The Morgan fingerprint density at radius 1 is 1.12 bits per heavy atom. The van der Waals surface area contributed by atoms with Gasteiger partial charge in [-0.25, -0.2) is 5.26 Å². The molecule has 1 aliphatic rings.